The van der Waals surface area contributed by atoms with E-state index in [1.165, 1.54) is 0 Å². The van der Waals surface area contributed by atoms with Crippen molar-refractivity contribution in [1.29, 1.82) is 0 Å². The summed E-state index contributed by atoms with van der Waals surface area (Å²) in [5.74, 6) is 2.19. The predicted octanol–water partition coefficient (Wildman–Crippen LogP) is 1.87. The lowest BCUT2D eigenvalue weighted by molar-refractivity contribution is -0.136. The number of carboxylic acids is 1. The molecule has 0 radical (unpaired) electrons. The zero-order valence-electron chi connectivity index (χ0n) is 9.35. The molecule has 5 heteroatoms. The van der Waals surface area contributed by atoms with Crippen molar-refractivity contribution in [2.24, 2.45) is 4.99 Å². The molecular formula is C12H14N2O2S. The fourth-order valence-electron chi connectivity index (χ4n) is 1.58. The lowest BCUT2D eigenvalue weighted by Crippen LogP contribution is -2.19. The van der Waals surface area contributed by atoms with Crippen LogP contribution in [-0.4, -0.2) is 35.0 Å². The van der Waals surface area contributed by atoms with Gasteiger partial charge >= 0.3 is 5.97 Å². The van der Waals surface area contributed by atoms with E-state index >= 15 is 0 Å². The van der Waals surface area contributed by atoms with Gasteiger partial charge in [-0.05, 0) is 17.7 Å². The van der Waals surface area contributed by atoms with Crippen molar-refractivity contribution in [3.05, 3.63) is 29.8 Å². The highest BCUT2D eigenvalue weighted by atomic mass is 32.2. The van der Waals surface area contributed by atoms with Crippen LogP contribution < -0.4 is 5.32 Å². The van der Waals surface area contributed by atoms with Crippen molar-refractivity contribution >= 4 is 29.3 Å². The van der Waals surface area contributed by atoms with E-state index in [2.05, 4.69) is 10.3 Å². The number of benzene rings is 1. The molecule has 0 fully saturated rings. The molecule has 0 aliphatic carbocycles. The molecule has 1 aliphatic rings. The van der Waals surface area contributed by atoms with E-state index in [9.17, 15) is 4.79 Å². The van der Waals surface area contributed by atoms with Crippen molar-refractivity contribution in [3.63, 3.8) is 0 Å². The molecule has 2 rings (SSSR count). The summed E-state index contributed by atoms with van der Waals surface area (Å²) in [5.41, 5.74) is 1.77. The first kappa shape index (κ1) is 12.0. The second-order valence-corrected chi connectivity index (χ2v) is 4.88. The van der Waals surface area contributed by atoms with Crippen LogP contribution in [0.25, 0.3) is 0 Å². The van der Waals surface area contributed by atoms with E-state index in [-0.39, 0.29) is 6.42 Å². The summed E-state index contributed by atoms with van der Waals surface area (Å²) < 4.78 is 0. The van der Waals surface area contributed by atoms with Crippen LogP contribution in [0.5, 0.6) is 0 Å². The maximum absolute atomic E-state index is 10.5. The molecule has 1 aliphatic heterocycles. The first-order chi connectivity index (χ1) is 8.24. The Morgan fingerprint density at radius 1 is 1.41 bits per heavy atom. The normalized spacial score (nSPS) is 15.2. The van der Waals surface area contributed by atoms with Gasteiger partial charge in [-0.2, -0.15) is 11.8 Å². The van der Waals surface area contributed by atoms with Gasteiger partial charge in [0.15, 0.2) is 0 Å². The van der Waals surface area contributed by atoms with Gasteiger partial charge < -0.3 is 10.4 Å². The number of carbonyl (C=O) groups is 1. The third-order valence-electron chi connectivity index (χ3n) is 2.37. The SMILES string of the molecule is O=C(O)Cc1ccc(NC2=NCCSC2)cc1. The van der Waals surface area contributed by atoms with Crippen molar-refractivity contribution in [3.8, 4) is 0 Å². The molecule has 0 spiro atoms. The summed E-state index contributed by atoms with van der Waals surface area (Å²) >= 11 is 1.86. The number of aliphatic carboxylic acids is 1. The van der Waals surface area contributed by atoms with Crippen LogP contribution in [0.15, 0.2) is 29.3 Å². The molecule has 2 N–H and O–H groups in total. The molecule has 0 atom stereocenters. The van der Waals surface area contributed by atoms with Crippen LogP contribution in [-0.2, 0) is 11.2 Å². The number of nitrogens with zero attached hydrogens (tertiary/aromatic N) is 1. The van der Waals surface area contributed by atoms with Gasteiger partial charge in [-0.25, -0.2) is 0 Å². The minimum atomic E-state index is -0.807. The van der Waals surface area contributed by atoms with E-state index in [0.29, 0.717) is 0 Å². The van der Waals surface area contributed by atoms with Gasteiger partial charge in [-0.1, -0.05) is 12.1 Å². The number of carboxylic acid groups (broad SMARTS) is 1. The highest BCUT2D eigenvalue weighted by Gasteiger charge is 2.05. The summed E-state index contributed by atoms with van der Waals surface area (Å²) in [4.78, 5) is 14.9. The number of amidine groups is 1. The summed E-state index contributed by atoms with van der Waals surface area (Å²) in [7, 11) is 0. The third-order valence-corrected chi connectivity index (χ3v) is 3.32. The van der Waals surface area contributed by atoms with Gasteiger partial charge in [0.05, 0.1) is 18.7 Å². The van der Waals surface area contributed by atoms with Crippen molar-refractivity contribution in [1.82, 2.24) is 0 Å². The van der Waals surface area contributed by atoms with Gasteiger partial charge in [-0.15, -0.1) is 0 Å². The van der Waals surface area contributed by atoms with Crippen LogP contribution in [0, 0.1) is 0 Å². The Bertz CT molecular complexity index is 429. The molecule has 0 amide bonds. The first-order valence-corrected chi connectivity index (χ1v) is 6.58. The first-order valence-electron chi connectivity index (χ1n) is 5.43. The molecule has 0 saturated heterocycles. The number of nitrogens with one attached hydrogen (secondary N) is 1. The Kier molecular flexibility index (Phi) is 4.03. The number of anilines is 1. The molecule has 0 saturated carbocycles. The topological polar surface area (TPSA) is 61.7 Å². The van der Waals surface area contributed by atoms with Crippen molar-refractivity contribution in [2.45, 2.75) is 6.42 Å². The van der Waals surface area contributed by atoms with Crippen molar-refractivity contribution in [2.75, 3.05) is 23.4 Å². The van der Waals surface area contributed by atoms with Crippen LogP contribution in [0.2, 0.25) is 0 Å². The van der Waals surface area contributed by atoms with Crippen LogP contribution in [0.3, 0.4) is 0 Å². The van der Waals surface area contributed by atoms with Crippen LogP contribution >= 0.6 is 11.8 Å². The minimum Gasteiger partial charge on any atom is -0.481 e. The molecule has 0 aromatic heterocycles. The Morgan fingerprint density at radius 2 is 2.18 bits per heavy atom. The van der Waals surface area contributed by atoms with E-state index in [4.69, 9.17) is 5.11 Å². The molecule has 0 unspecified atom stereocenters. The molecule has 1 aromatic rings. The van der Waals surface area contributed by atoms with Crippen LogP contribution in [0.1, 0.15) is 5.56 Å². The highest BCUT2D eigenvalue weighted by molar-refractivity contribution is 8.00. The second-order valence-electron chi connectivity index (χ2n) is 3.77. The number of thioether (sulfide) groups is 1. The Morgan fingerprint density at radius 3 is 2.76 bits per heavy atom. The van der Waals surface area contributed by atoms with E-state index in [1.54, 1.807) is 0 Å². The van der Waals surface area contributed by atoms with E-state index < -0.39 is 5.97 Å². The Hall–Kier alpha value is -1.49. The summed E-state index contributed by atoms with van der Waals surface area (Å²) in [6.07, 6.45) is 0.0665. The quantitative estimate of drug-likeness (QED) is 0.859. The Balaban J connectivity index is 1.97. The molecule has 17 heavy (non-hydrogen) atoms. The second kappa shape index (κ2) is 5.72. The standard InChI is InChI=1S/C12H14N2O2S/c15-12(16)7-9-1-3-10(4-2-9)14-11-8-17-6-5-13-11/h1-4H,5-8H2,(H,13,14)(H,15,16). The average Bonchev–Trinajstić information content (AvgIpc) is 2.32. The fraction of sp³-hybridized carbons (Fsp3) is 0.333. The smallest absolute Gasteiger partial charge is 0.307 e. The highest BCUT2D eigenvalue weighted by Crippen LogP contribution is 2.13. The number of hydrogen-bond donors (Lipinski definition) is 2. The number of rotatable bonds is 3. The molecule has 1 aromatic carbocycles. The summed E-state index contributed by atoms with van der Waals surface area (Å²) in [6.45, 7) is 0.865. The zero-order valence-corrected chi connectivity index (χ0v) is 10.2. The third kappa shape index (κ3) is 3.78. The van der Waals surface area contributed by atoms with E-state index in [1.807, 2.05) is 36.0 Å². The molecule has 4 nitrogen and oxygen atoms in total. The largest absolute Gasteiger partial charge is 0.481 e. The van der Waals surface area contributed by atoms with Gasteiger partial charge in [-0.3, -0.25) is 9.79 Å². The lowest BCUT2D eigenvalue weighted by atomic mass is 10.1. The summed E-state index contributed by atoms with van der Waals surface area (Å²) in [5, 5.41) is 11.9. The van der Waals surface area contributed by atoms with Gasteiger partial charge in [0.2, 0.25) is 0 Å². The Labute approximate surface area is 104 Å². The average molecular weight is 250 g/mol. The number of hydrogen-bond acceptors (Lipinski definition) is 4. The molecular weight excluding hydrogens is 236 g/mol. The molecule has 1 heterocycles. The summed E-state index contributed by atoms with van der Waals surface area (Å²) in [6, 6.07) is 7.43. The zero-order chi connectivity index (χ0) is 12.1. The number of aliphatic imine (C=N–C) groups is 1. The minimum absolute atomic E-state index is 0.0665. The van der Waals surface area contributed by atoms with Crippen molar-refractivity contribution < 1.29 is 9.90 Å². The van der Waals surface area contributed by atoms with Crippen LogP contribution in [0.4, 0.5) is 5.69 Å². The maximum atomic E-state index is 10.5. The van der Waals surface area contributed by atoms with Gasteiger partial charge in [0, 0.05) is 11.4 Å². The van der Waals surface area contributed by atoms with E-state index in [0.717, 1.165) is 35.1 Å². The van der Waals surface area contributed by atoms with Gasteiger partial charge in [0.25, 0.3) is 0 Å². The van der Waals surface area contributed by atoms with Gasteiger partial charge in [0.1, 0.15) is 5.84 Å². The maximum Gasteiger partial charge on any atom is 0.307 e. The molecule has 0 bridgehead atoms. The predicted molar refractivity (Wildman–Crippen MR) is 71.0 cm³/mol. The fourth-order valence-corrected chi connectivity index (χ4v) is 2.30. The molecule has 90 valence electrons. The monoisotopic (exact) mass is 250 g/mol. The lowest BCUT2D eigenvalue weighted by Gasteiger charge is -2.13.